The Hall–Kier alpha value is -0.770. The summed E-state index contributed by atoms with van der Waals surface area (Å²) >= 11 is 0. The number of nitrogens with zero attached hydrogens (tertiary/aromatic N) is 1. The molecule has 1 aliphatic rings. The summed E-state index contributed by atoms with van der Waals surface area (Å²) in [5.41, 5.74) is 10.5. The smallest absolute Gasteiger partial charge is 0.185 e. The molecule has 0 bridgehead atoms. The van der Waals surface area contributed by atoms with Crippen molar-refractivity contribution in [3.8, 4) is 0 Å². The average molecular weight is 213 g/mol. The van der Waals surface area contributed by atoms with Crippen molar-refractivity contribution in [1.82, 2.24) is 0 Å². The van der Waals surface area contributed by atoms with Gasteiger partial charge in [-0.2, -0.15) is 0 Å². The van der Waals surface area contributed by atoms with Crippen molar-refractivity contribution in [2.24, 2.45) is 22.4 Å². The van der Waals surface area contributed by atoms with Crippen molar-refractivity contribution in [2.45, 2.75) is 45.1 Å². The number of aliphatic imine (C=N–C) groups is 1. The first-order valence-electron chi connectivity index (χ1n) is 5.87. The molecule has 88 valence electrons. The molecule has 0 aromatic carbocycles. The molecular formula is C11H23N3O. The van der Waals surface area contributed by atoms with Crippen LogP contribution in [0.15, 0.2) is 4.99 Å². The van der Waals surface area contributed by atoms with Gasteiger partial charge >= 0.3 is 0 Å². The zero-order chi connectivity index (χ0) is 11.1. The summed E-state index contributed by atoms with van der Waals surface area (Å²) in [4.78, 5) is 3.92. The number of guanidine groups is 1. The van der Waals surface area contributed by atoms with Gasteiger partial charge in [-0.3, -0.25) is 4.99 Å². The number of hydrogen-bond acceptors (Lipinski definition) is 2. The molecular weight excluding hydrogens is 190 g/mol. The van der Waals surface area contributed by atoms with Gasteiger partial charge in [-0.1, -0.05) is 19.8 Å². The molecule has 2 atom stereocenters. The molecule has 0 saturated heterocycles. The Labute approximate surface area is 92.1 Å². The molecule has 1 rings (SSSR count). The minimum absolute atomic E-state index is 0.168. The van der Waals surface area contributed by atoms with Crippen LogP contribution in [-0.4, -0.2) is 25.2 Å². The Bertz CT molecular complexity index is 202. The van der Waals surface area contributed by atoms with Crippen LogP contribution in [0.5, 0.6) is 0 Å². The second-order valence-corrected chi connectivity index (χ2v) is 4.33. The van der Waals surface area contributed by atoms with Gasteiger partial charge in [0.2, 0.25) is 0 Å². The highest BCUT2D eigenvalue weighted by Crippen LogP contribution is 2.26. The summed E-state index contributed by atoms with van der Waals surface area (Å²) < 4.78 is 5.83. The van der Waals surface area contributed by atoms with Gasteiger partial charge < -0.3 is 16.2 Å². The van der Waals surface area contributed by atoms with Gasteiger partial charge in [-0.25, -0.2) is 0 Å². The quantitative estimate of drug-likeness (QED) is 0.410. The molecule has 1 saturated carbocycles. The van der Waals surface area contributed by atoms with Crippen LogP contribution in [0.4, 0.5) is 0 Å². The highest BCUT2D eigenvalue weighted by atomic mass is 16.5. The van der Waals surface area contributed by atoms with E-state index in [9.17, 15) is 0 Å². The lowest BCUT2D eigenvalue weighted by atomic mass is 9.88. The fraction of sp³-hybridized carbons (Fsp3) is 0.909. The predicted octanol–water partition coefficient (Wildman–Crippen LogP) is 1.25. The third kappa shape index (κ3) is 5.02. The van der Waals surface area contributed by atoms with E-state index in [0.29, 0.717) is 18.6 Å². The van der Waals surface area contributed by atoms with Crippen LogP contribution in [0, 0.1) is 5.92 Å². The van der Waals surface area contributed by atoms with Crippen molar-refractivity contribution >= 4 is 5.96 Å². The Morgan fingerprint density at radius 2 is 2.07 bits per heavy atom. The number of rotatable bonds is 5. The largest absolute Gasteiger partial charge is 0.378 e. The maximum atomic E-state index is 5.83. The van der Waals surface area contributed by atoms with Crippen molar-refractivity contribution < 1.29 is 4.74 Å². The highest BCUT2D eigenvalue weighted by Gasteiger charge is 2.21. The Morgan fingerprint density at radius 3 is 2.73 bits per heavy atom. The molecule has 4 N–H and O–H groups in total. The summed E-state index contributed by atoms with van der Waals surface area (Å²) in [6, 6.07) is 0. The molecule has 0 aliphatic heterocycles. The molecule has 0 radical (unpaired) electrons. The highest BCUT2D eigenvalue weighted by molar-refractivity contribution is 5.75. The van der Waals surface area contributed by atoms with Crippen molar-refractivity contribution in [3.63, 3.8) is 0 Å². The SMILES string of the molecule is CC1CCCCC1OCCCN=C(N)N. The molecule has 0 spiro atoms. The van der Waals surface area contributed by atoms with Crippen LogP contribution < -0.4 is 11.5 Å². The first-order chi connectivity index (χ1) is 7.20. The van der Waals surface area contributed by atoms with Gasteiger partial charge in [0.25, 0.3) is 0 Å². The van der Waals surface area contributed by atoms with Crippen LogP contribution in [0.1, 0.15) is 39.0 Å². The van der Waals surface area contributed by atoms with Crippen LogP contribution in [0.3, 0.4) is 0 Å². The van der Waals surface area contributed by atoms with E-state index in [1.54, 1.807) is 0 Å². The Balaban J connectivity index is 2.06. The lowest BCUT2D eigenvalue weighted by Crippen LogP contribution is -2.26. The normalized spacial score (nSPS) is 26.2. The first kappa shape index (κ1) is 12.3. The fourth-order valence-corrected chi connectivity index (χ4v) is 2.04. The van der Waals surface area contributed by atoms with Gasteiger partial charge in [-0.05, 0) is 25.2 Å². The van der Waals surface area contributed by atoms with Gasteiger partial charge in [0, 0.05) is 13.2 Å². The molecule has 1 aliphatic carbocycles. The minimum atomic E-state index is 0.168. The molecule has 0 heterocycles. The monoisotopic (exact) mass is 213 g/mol. The number of nitrogens with two attached hydrogens (primary N) is 2. The maximum absolute atomic E-state index is 5.83. The average Bonchev–Trinajstić information content (AvgIpc) is 2.20. The fourth-order valence-electron chi connectivity index (χ4n) is 2.04. The maximum Gasteiger partial charge on any atom is 0.185 e. The third-order valence-electron chi connectivity index (χ3n) is 2.96. The van der Waals surface area contributed by atoms with E-state index in [0.717, 1.165) is 13.0 Å². The van der Waals surface area contributed by atoms with E-state index in [2.05, 4.69) is 11.9 Å². The summed E-state index contributed by atoms with van der Waals surface area (Å²) in [5.74, 6) is 0.878. The summed E-state index contributed by atoms with van der Waals surface area (Å²) in [6.45, 7) is 3.72. The van der Waals surface area contributed by atoms with E-state index < -0.39 is 0 Å². The lowest BCUT2D eigenvalue weighted by Gasteiger charge is -2.28. The number of hydrogen-bond donors (Lipinski definition) is 2. The summed E-state index contributed by atoms with van der Waals surface area (Å²) in [7, 11) is 0. The van der Waals surface area contributed by atoms with Crippen molar-refractivity contribution in [3.05, 3.63) is 0 Å². The van der Waals surface area contributed by atoms with Gasteiger partial charge in [0.05, 0.1) is 6.10 Å². The third-order valence-corrected chi connectivity index (χ3v) is 2.96. The molecule has 0 amide bonds. The van der Waals surface area contributed by atoms with Crippen molar-refractivity contribution in [1.29, 1.82) is 0 Å². The molecule has 4 nitrogen and oxygen atoms in total. The van der Waals surface area contributed by atoms with E-state index in [4.69, 9.17) is 16.2 Å². The molecule has 0 aromatic rings. The Kier molecular flexibility index (Phi) is 5.47. The topological polar surface area (TPSA) is 73.6 Å². The minimum Gasteiger partial charge on any atom is -0.378 e. The second-order valence-electron chi connectivity index (χ2n) is 4.33. The van der Waals surface area contributed by atoms with Crippen molar-refractivity contribution in [2.75, 3.05) is 13.2 Å². The van der Waals surface area contributed by atoms with Crippen LogP contribution in [0.25, 0.3) is 0 Å². The summed E-state index contributed by atoms with van der Waals surface area (Å²) in [6.07, 6.45) is 6.54. The Morgan fingerprint density at radius 1 is 1.33 bits per heavy atom. The summed E-state index contributed by atoms with van der Waals surface area (Å²) in [5, 5.41) is 0. The van der Waals surface area contributed by atoms with E-state index in [1.807, 2.05) is 0 Å². The van der Waals surface area contributed by atoms with Crippen LogP contribution in [0.2, 0.25) is 0 Å². The van der Waals surface area contributed by atoms with E-state index in [1.165, 1.54) is 25.7 Å². The van der Waals surface area contributed by atoms with Gasteiger partial charge in [0.1, 0.15) is 0 Å². The molecule has 4 heteroatoms. The van der Waals surface area contributed by atoms with Crippen LogP contribution >= 0.6 is 0 Å². The zero-order valence-electron chi connectivity index (χ0n) is 9.61. The van der Waals surface area contributed by atoms with E-state index >= 15 is 0 Å². The molecule has 1 fully saturated rings. The van der Waals surface area contributed by atoms with E-state index in [-0.39, 0.29) is 5.96 Å². The standard InChI is InChI=1S/C11H23N3O/c1-9-5-2-3-6-10(9)15-8-4-7-14-11(12)13/h9-10H,2-8H2,1H3,(H4,12,13,14). The van der Waals surface area contributed by atoms with Crippen LogP contribution in [-0.2, 0) is 4.74 Å². The molecule has 2 unspecified atom stereocenters. The van der Waals surface area contributed by atoms with Gasteiger partial charge in [0.15, 0.2) is 5.96 Å². The molecule has 15 heavy (non-hydrogen) atoms. The van der Waals surface area contributed by atoms with Gasteiger partial charge in [-0.15, -0.1) is 0 Å². The second kappa shape index (κ2) is 6.67. The molecule has 0 aromatic heterocycles. The lowest BCUT2D eigenvalue weighted by molar-refractivity contribution is -0.00512. The first-order valence-corrected chi connectivity index (χ1v) is 5.87. The zero-order valence-corrected chi connectivity index (χ0v) is 9.61. The predicted molar refractivity (Wildman–Crippen MR) is 62.7 cm³/mol. The number of ether oxygens (including phenoxy) is 1.